The lowest BCUT2D eigenvalue weighted by molar-refractivity contribution is 0.324. The second-order valence-electron chi connectivity index (χ2n) is 7.17. The summed E-state index contributed by atoms with van der Waals surface area (Å²) in [6, 6.07) is 3.85. The average molecular weight is 397 g/mol. The van der Waals surface area contributed by atoms with Gasteiger partial charge in [-0.25, -0.2) is 9.97 Å². The van der Waals surface area contributed by atoms with E-state index in [1.54, 1.807) is 21.3 Å². The Labute approximate surface area is 170 Å². The predicted octanol–water partition coefficient (Wildman–Crippen LogP) is 2.56. The first-order valence-corrected chi connectivity index (χ1v) is 9.72. The lowest BCUT2D eigenvalue weighted by atomic mass is 10.1. The molecule has 0 aliphatic carbocycles. The highest BCUT2D eigenvalue weighted by Gasteiger charge is 2.20. The fraction of sp³-hybridized carbons (Fsp3) is 0.429. The fourth-order valence-electron chi connectivity index (χ4n) is 3.75. The monoisotopic (exact) mass is 397 g/mol. The zero-order valence-corrected chi connectivity index (χ0v) is 17.4. The molecule has 1 aliphatic heterocycles. The van der Waals surface area contributed by atoms with E-state index in [1.165, 1.54) is 0 Å². The molecule has 0 unspecified atom stereocenters. The minimum absolute atomic E-state index is 0.568. The summed E-state index contributed by atoms with van der Waals surface area (Å²) < 4.78 is 18.5. The Bertz CT molecular complexity index is 978. The molecule has 8 nitrogen and oxygen atoms in total. The highest BCUT2D eigenvalue weighted by atomic mass is 16.5. The van der Waals surface area contributed by atoms with Gasteiger partial charge < -0.3 is 28.4 Å². The quantitative estimate of drug-likeness (QED) is 0.656. The smallest absolute Gasteiger partial charge is 0.203 e. The molecule has 1 aliphatic rings. The number of imidazole rings is 1. The second-order valence-corrected chi connectivity index (χ2v) is 7.17. The molecule has 0 atom stereocenters. The van der Waals surface area contributed by atoms with Gasteiger partial charge in [0.15, 0.2) is 23.0 Å². The first-order chi connectivity index (χ1) is 14.1. The van der Waals surface area contributed by atoms with Gasteiger partial charge in [-0.2, -0.15) is 0 Å². The highest BCUT2D eigenvalue weighted by molar-refractivity contribution is 5.73. The molecule has 0 amide bonds. The summed E-state index contributed by atoms with van der Waals surface area (Å²) in [5.41, 5.74) is 2.58. The molecule has 29 heavy (non-hydrogen) atoms. The number of methoxy groups -OCH3 is 3. The number of aromatic nitrogens is 3. The molecule has 1 saturated heterocycles. The predicted molar refractivity (Wildman–Crippen MR) is 112 cm³/mol. The summed E-state index contributed by atoms with van der Waals surface area (Å²) in [6.45, 7) is 3.97. The molecule has 4 rings (SSSR count). The fourth-order valence-corrected chi connectivity index (χ4v) is 3.75. The van der Waals surface area contributed by atoms with Crippen LogP contribution in [0.2, 0.25) is 0 Å². The van der Waals surface area contributed by atoms with Gasteiger partial charge in [0.05, 0.1) is 27.0 Å². The van der Waals surface area contributed by atoms with Gasteiger partial charge in [-0.15, -0.1) is 0 Å². The zero-order valence-electron chi connectivity index (χ0n) is 17.4. The Kier molecular flexibility index (Phi) is 5.44. The molecule has 0 spiro atoms. The Morgan fingerprint density at radius 1 is 0.931 bits per heavy atom. The van der Waals surface area contributed by atoms with E-state index in [4.69, 9.17) is 19.2 Å². The molecule has 0 bridgehead atoms. The summed E-state index contributed by atoms with van der Waals surface area (Å²) in [7, 11) is 7.00. The van der Waals surface area contributed by atoms with E-state index < -0.39 is 0 Å². The summed E-state index contributed by atoms with van der Waals surface area (Å²) >= 11 is 0. The summed E-state index contributed by atoms with van der Waals surface area (Å²) in [4.78, 5) is 14.2. The molecule has 1 fully saturated rings. The SMILES string of the molecule is COc1cc(-c2cn3ccnc3c(N3CCCN(C)CC3)n2)cc(OC)c1OC. The van der Waals surface area contributed by atoms with Gasteiger partial charge >= 0.3 is 0 Å². The van der Waals surface area contributed by atoms with Crippen molar-refractivity contribution < 1.29 is 14.2 Å². The van der Waals surface area contributed by atoms with Gasteiger partial charge in [-0.05, 0) is 32.1 Å². The normalized spacial score (nSPS) is 15.4. The molecule has 8 heteroatoms. The van der Waals surface area contributed by atoms with E-state index >= 15 is 0 Å². The van der Waals surface area contributed by atoms with Gasteiger partial charge in [-0.3, -0.25) is 0 Å². The van der Waals surface area contributed by atoms with Gasteiger partial charge in [0.25, 0.3) is 0 Å². The number of anilines is 1. The van der Waals surface area contributed by atoms with E-state index in [0.717, 1.165) is 55.3 Å². The minimum Gasteiger partial charge on any atom is -0.493 e. The van der Waals surface area contributed by atoms with Crippen LogP contribution < -0.4 is 19.1 Å². The van der Waals surface area contributed by atoms with Crippen LogP contribution >= 0.6 is 0 Å². The first kappa shape index (κ1) is 19.3. The number of likely N-dealkylation sites (N-methyl/N-ethyl adjacent to an activating group) is 1. The van der Waals surface area contributed by atoms with Crippen molar-refractivity contribution in [2.45, 2.75) is 6.42 Å². The number of fused-ring (bicyclic) bond motifs is 1. The summed E-state index contributed by atoms with van der Waals surface area (Å²) in [6.07, 6.45) is 6.84. The number of hydrogen-bond acceptors (Lipinski definition) is 7. The number of benzene rings is 1. The van der Waals surface area contributed by atoms with Crippen molar-refractivity contribution in [3.63, 3.8) is 0 Å². The lowest BCUT2D eigenvalue weighted by Crippen LogP contribution is -2.30. The van der Waals surface area contributed by atoms with Crippen molar-refractivity contribution in [3.8, 4) is 28.5 Å². The van der Waals surface area contributed by atoms with Crippen molar-refractivity contribution in [2.75, 3.05) is 59.5 Å². The number of hydrogen-bond donors (Lipinski definition) is 0. The van der Waals surface area contributed by atoms with Gasteiger partial charge in [0.1, 0.15) is 0 Å². The van der Waals surface area contributed by atoms with Crippen molar-refractivity contribution in [3.05, 3.63) is 30.7 Å². The third-order valence-corrected chi connectivity index (χ3v) is 5.34. The largest absolute Gasteiger partial charge is 0.493 e. The van der Waals surface area contributed by atoms with Crippen LogP contribution in [-0.4, -0.2) is 73.8 Å². The number of rotatable bonds is 5. The molecule has 3 heterocycles. The summed E-state index contributed by atoms with van der Waals surface area (Å²) in [5.74, 6) is 2.68. The van der Waals surface area contributed by atoms with Crippen LogP contribution in [0.3, 0.4) is 0 Å². The van der Waals surface area contributed by atoms with E-state index in [9.17, 15) is 0 Å². The number of nitrogens with zero attached hydrogens (tertiary/aromatic N) is 5. The number of ether oxygens (including phenoxy) is 3. The maximum Gasteiger partial charge on any atom is 0.203 e. The average Bonchev–Trinajstić information content (AvgIpc) is 3.12. The lowest BCUT2D eigenvalue weighted by Gasteiger charge is -2.23. The zero-order chi connectivity index (χ0) is 20.4. The minimum atomic E-state index is 0.568. The molecule has 0 radical (unpaired) electrons. The van der Waals surface area contributed by atoms with E-state index in [2.05, 4.69) is 21.8 Å². The molecule has 0 N–H and O–H groups in total. The van der Waals surface area contributed by atoms with E-state index in [0.29, 0.717) is 17.2 Å². The Balaban J connectivity index is 1.83. The van der Waals surface area contributed by atoms with Crippen molar-refractivity contribution in [2.24, 2.45) is 0 Å². The van der Waals surface area contributed by atoms with Crippen molar-refractivity contribution >= 4 is 11.5 Å². The third-order valence-electron chi connectivity index (χ3n) is 5.34. The Hall–Kier alpha value is -3.00. The highest BCUT2D eigenvalue weighted by Crippen LogP contribution is 2.41. The maximum absolute atomic E-state index is 5.52. The van der Waals surface area contributed by atoms with Crippen LogP contribution in [0, 0.1) is 0 Å². The maximum atomic E-state index is 5.52. The van der Waals surface area contributed by atoms with Gasteiger partial charge in [0.2, 0.25) is 5.75 Å². The molecule has 3 aromatic rings. The van der Waals surface area contributed by atoms with E-state index in [1.807, 2.05) is 35.1 Å². The molecule has 0 saturated carbocycles. The molecule has 2 aromatic heterocycles. The Morgan fingerprint density at radius 2 is 1.69 bits per heavy atom. The van der Waals surface area contributed by atoms with Crippen LogP contribution in [-0.2, 0) is 0 Å². The first-order valence-electron chi connectivity index (χ1n) is 9.72. The van der Waals surface area contributed by atoms with Crippen molar-refractivity contribution in [1.82, 2.24) is 19.3 Å². The molecule has 154 valence electrons. The third kappa shape index (κ3) is 3.67. The molecular weight excluding hydrogens is 370 g/mol. The van der Waals surface area contributed by atoms with Crippen LogP contribution in [0.25, 0.3) is 16.9 Å². The topological polar surface area (TPSA) is 64.4 Å². The standard InChI is InChI=1S/C21H27N5O3/c1-24-7-5-8-25(11-10-24)21-20-22-6-9-26(20)14-16(23-21)15-12-17(27-2)19(29-4)18(13-15)28-3/h6,9,12-14H,5,7-8,10-11H2,1-4H3. The molecular formula is C21H27N5O3. The van der Waals surface area contributed by atoms with Crippen LogP contribution in [0.1, 0.15) is 6.42 Å². The molecule has 1 aromatic carbocycles. The van der Waals surface area contributed by atoms with Crippen LogP contribution in [0.4, 0.5) is 5.82 Å². The van der Waals surface area contributed by atoms with Crippen molar-refractivity contribution in [1.29, 1.82) is 0 Å². The summed E-state index contributed by atoms with van der Waals surface area (Å²) in [5, 5.41) is 0. The van der Waals surface area contributed by atoms with Gasteiger partial charge in [-0.1, -0.05) is 0 Å². The van der Waals surface area contributed by atoms with Crippen LogP contribution in [0.15, 0.2) is 30.7 Å². The Morgan fingerprint density at radius 3 is 2.38 bits per heavy atom. The van der Waals surface area contributed by atoms with Crippen LogP contribution in [0.5, 0.6) is 17.2 Å². The van der Waals surface area contributed by atoms with E-state index in [-0.39, 0.29) is 0 Å². The van der Waals surface area contributed by atoms with Gasteiger partial charge in [0, 0.05) is 43.8 Å². The second kappa shape index (κ2) is 8.16.